The van der Waals surface area contributed by atoms with E-state index in [1.54, 1.807) is 29.2 Å². The predicted molar refractivity (Wildman–Crippen MR) is 102 cm³/mol. The molecule has 0 aromatic heterocycles. The number of carbonyl (C=O) groups is 3. The topological polar surface area (TPSA) is 63.7 Å². The highest BCUT2D eigenvalue weighted by molar-refractivity contribution is 6.30. The number of likely N-dealkylation sites (tertiary alicyclic amines) is 1. The lowest BCUT2D eigenvalue weighted by atomic mass is 9.85. The Morgan fingerprint density at radius 1 is 0.929 bits per heavy atom. The van der Waals surface area contributed by atoms with Crippen molar-refractivity contribution in [1.82, 2.24) is 4.90 Å². The number of benzene rings is 1. The van der Waals surface area contributed by atoms with Crippen molar-refractivity contribution < 1.29 is 19.1 Å². The summed E-state index contributed by atoms with van der Waals surface area (Å²) in [6.45, 7) is 0. The largest absolute Gasteiger partial charge is 0.426 e. The fourth-order valence-electron chi connectivity index (χ4n) is 5.56. The molecule has 4 atom stereocenters. The van der Waals surface area contributed by atoms with E-state index in [9.17, 15) is 14.4 Å². The highest BCUT2D eigenvalue weighted by Crippen LogP contribution is 2.53. The second-order valence-corrected chi connectivity index (χ2v) is 8.86. The average molecular weight is 400 g/mol. The molecule has 0 unspecified atom stereocenters. The summed E-state index contributed by atoms with van der Waals surface area (Å²) in [6.07, 6.45) is 7.78. The van der Waals surface area contributed by atoms with Crippen LogP contribution in [0.5, 0.6) is 5.75 Å². The van der Waals surface area contributed by atoms with Gasteiger partial charge in [0.25, 0.3) is 0 Å². The van der Waals surface area contributed by atoms with E-state index in [1.807, 2.05) is 0 Å². The second-order valence-electron chi connectivity index (χ2n) is 8.43. The molecule has 5 nitrogen and oxygen atoms in total. The Morgan fingerprint density at radius 2 is 1.50 bits per heavy atom. The third kappa shape index (κ3) is 2.79. The summed E-state index contributed by atoms with van der Waals surface area (Å²) in [5.41, 5.74) is 0. The highest BCUT2D eigenvalue weighted by atomic mass is 35.5. The van der Waals surface area contributed by atoms with Crippen LogP contribution in [0.2, 0.25) is 5.02 Å². The molecule has 146 valence electrons. The summed E-state index contributed by atoms with van der Waals surface area (Å²) in [5.74, 6) is 0.251. The van der Waals surface area contributed by atoms with E-state index in [1.165, 1.54) is 0 Å². The number of nitrogens with zero attached hydrogens (tertiary/aromatic N) is 1. The van der Waals surface area contributed by atoms with Crippen molar-refractivity contribution in [2.75, 3.05) is 0 Å². The summed E-state index contributed by atoms with van der Waals surface area (Å²) in [4.78, 5) is 39.9. The Labute approximate surface area is 168 Å². The van der Waals surface area contributed by atoms with E-state index in [4.69, 9.17) is 16.3 Å². The molecule has 1 heterocycles. The van der Waals surface area contributed by atoms with Gasteiger partial charge in [0, 0.05) is 11.1 Å². The van der Waals surface area contributed by atoms with Gasteiger partial charge in [0.2, 0.25) is 11.8 Å². The van der Waals surface area contributed by atoms with Crippen LogP contribution in [0.25, 0.3) is 0 Å². The van der Waals surface area contributed by atoms with Gasteiger partial charge in [-0.3, -0.25) is 19.3 Å². The molecule has 2 bridgehead atoms. The molecular formula is C22H22ClNO4. The fourth-order valence-corrected chi connectivity index (χ4v) is 5.68. The van der Waals surface area contributed by atoms with Crippen LogP contribution in [0.4, 0.5) is 0 Å². The van der Waals surface area contributed by atoms with Crippen molar-refractivity contribution in [3.8, 4) is 5.75 Å². The minimum absolute atomic E-state index is 0.0130. The van der Waals surface area contributed by atoms with Crippen LogP contribution < -0.4 is 4.74 Å². The van der Waals surface area contributed by atoms with Gasteiger partial charge in [0.15, 0.2) is 0 Å². The number of ether oxygens (including phenoxy) is 1. The first-order chi connectivity index (χ1) is 13.5. The van der Waals surface area contributed by atoms with Gasteiger partial charge in [-0.25, -0.2) is 0 Å². The number of amides is 2. The van der Waals surface area contributed by atoms with Gasteiger partial charge in [0.1, 0.15) is 5.75 Å². The van der Waals surface area contributed by atoms with E-state index >= 15 is 0 Å². The van der Waals surface area contributed by atoms with Crippen LogP contribution in [0.3, 0.4) is 0 Å². The molecule has 1 aromatic carbocycles. The predicted octanol–water partition coefficient (Wildman–Crippen LogP) is 3.61. The van der Waals surface area contributed by atoms with Crippen LogP contribution in [-0.4, -0.2) is 28.7 Å². The smallest absolute Gasteiger partial charge is 0.314 e. The molecule has 0 spiro atoms. The monoisotopic (exact) mass is 399 g/mol. The molecule has 5 rings (SSSR count). The van der Waals surface area contributed by atoms with Crippen molar-refractivity contribution in [3.63, 3.8) is 0 Å². The van der Waals surface area contributed by atoms with Gasteiger partial charge >= 0.3 is 5.97 Å². The van der Waals surface area contributed by atoms with Gasteiger partial charge in [-0.05, 0) is 68.2 Å². The normalized spacial score (nSPS) is 36.1. The average Bonchev–Trinajstić information content (AvgIpc) is 3.38. The number of carbonyl (C=O) groups excluding carboxylic acids is 3. The Kier molecular flexibility index (Phi) is 4.31. The summed E-state index contributed by atoms with van der Waals surface area (Å²) >= 11 is 5.85. The lowest BCUT2D eigenvalue weighted by molar-refractivity contribution is -0.145. The number of imide groups is 1. The van der Waals surface area contributed by atoms with Crippen molar-refractivity contribution in [1.29, 1.82) is 0 Å². The minimum atomic E-state index is -0.251. The van der Waals surface area contributed by atoms with Gasteiger partial charge in [-0.1, -0.05) is 23.8 Å². The Morgan fingerprint density at radius 3 is 2.07 bits per heavy atom. The number of esters is 1. The minimum Gasteiger partial charge on any atom is -0.426 e. The maximum atomic E-state index is 12.9. The number of halogens is 1. The van der Waals surface area contributed by atoms with Crippen LogP contribution in [0.1, 0.15) is 32.1 Å². The zero-order valence-electron chi connectivity index (χ0n) is 15.4. The molecule has 28 heavy (non-hydrogen) atoms. The molecule has 6 heteroatoms. The molecule has 2 saturated carbocycles. The summed E-state index contributed by atoms with van der Waals surface area (Å²) < 4.78 is 5.46. The number of rotatable bonds is 3. The lowest BCUT2D eigenvalue weighted by Crippen LogP contribution is -2.44. The third-order valence-corrected chi connectivity index (χ3v) is 7.18. The Bertz CT molecular complexity index is 826. The van der Waals surface area contributed by atoms with Crippen LogP contribution >= 0.6 is 11.6 Å². The fraction of sp³-hybridized carbons (Fsp3) is 0.500. The lowest BCUT2D eigenvalue weighted by Gasteiger charge is -2.33. The number of fused-ring (bicyclic) bond motifs is 5. The summed E-state index contributed by atoms with van der Waals surface area (Å²) in [6, 6.07) is 6.64. The van der Waals surface area contributed by atoms with E-state index < -0.39 is 0 Å². The second kappa shape index (κ2) is 6.73. The SMILES string of the molecule is O=C(Oc1ccc(Cl)cc1)C1CCC(N2C(=O)[C@@H]3[C@H](C2=O)[C@H]2C=C[C@H]3C2)CC1. The van der Waals surface area contributed by atoms with Crippen molar-refractivity contribution in [2.24, 2.45) is 29.6 Å². The Balaban J connectivity index is 1.21. The number of hydrogen-bond donors (Lipinski definition) is 0. The first kappa shape index (κ1) is 17.9. The quantitative estimate of drug-likeness (QED) is 0.337. The zero-order valence-corrected chi connectivity index (χ0v) is 16.2. The van der Waals surface area contributed by atoms with Gasteiger partial charge < -0.3 is 4.74 Å². The van der Waals surface area contributed by atoms with Crippen LogP contribution in [0.15, 0.2) is 36.4 Å². The van der Waals surface area contributed by atoms with E-state index in [-0.39, 0.29) is 53.4 Å². The third-order valence-electron chi connectivity index (χ3n) is 6.93. The molecule has 1 aliphatic heterocycles. The molecule has 2 amide bonds. The molecule has 4 aliphatic rings. The van der Waals surface area contributed by atoms with Gasteiger partial charge in [0.05, 0.1) is 17.8 Å². The maximum absolute atomic E-state index is 12.9. The molecule has 0 radical (unpaired) electrons. The standard InChI is InChI=1S/C22H22ClNO4/c23-15-5-9-17(10-6-15)28-22(27)12-3-7-16(8-4-12)24-20(25)18-13-1-2-14(11-13)19(18)21(24)26/h1-2,5-6,9-10,12-14,16,18-19H,3-4,7-8,11H2/t12?,13-,14-,16?,18-,19+/m0/s1. The molecular weight excluding hydrogens is 378 g/mol. The summed E-state index contributed by atoms with van der Waals surface area (Å²) in [5, 5.41) is 0.591. The van der Waals surface area contributed by atoms with E-state index in [2.05, 4.69) is 12.2 Å². The zero-order chi connectivity index (χ0) is 19.4. The van der Waals surface area contributed by atoms with Crippen molar-refractivity contribution >= 4 is 29.4 Å². The molecule has 0 N–H and O–H groups in total. The van der Waals surface area contributed by atoms with Gasteiger partial charge in [-0.2, -0.15) is 0 Å². The molecule has 3 fully saturated rings. The van der Waals surface area contributed by atoms with Crippen LogP contribution in [0, 0.1) is 29.6 Å². The van der Waals surface area contributed by atoms with E-state index in [0.29, 0.717) is 36.5 Å². The van der Waals surface area contributed by atoms with Crippen molar-refractivity contribution in [3.05, 3.63) is 41.4 Å². The number of allylic oxidation sites excluding steroid dienone is 2. The van der Waals surface area contributed by atoms with Crippen LogP contribution in [-0.2, 0) is 14.4 Å². The maximum Gasteiger partial charge on any atom is 0.314 e. The van der Waals surface area contributed by atoms with Gasteiger partial charge in [-0.15, -0.1) is 0 Å². The summed E-state index contributed by atoms with van der Waals surface area (Å²) in [7, 11) is 0. The molecule has 3 aliphatic carbocycles. The van der Waals surface area contributed by atoms with E-state index in [0.717, 1.165) is 6.42 Å². The number of hydrogen-bond acceptors (Lipinski definition) is 4. The van der Waals surface area contributed by atoms with Crippen molar-refractivity contribution in [2.45, 2.75) is 38.1 Å². The first-order valence-corrected chi connectivity index (χ1v) is 10.4. The highest BCUT2D eigenvalue weighted by Gasteiger charge is 2.60. The Hall–Kier alpha value is -2.14. The molecule has 1 aromatic rings. The first-order valence-electron chi connectivity index (χ1n) is 10.1. The molecule has 1 saturated heterocycles.